The van der Waals surface area contributed by atoms with Crippen molar-refractivity contribution in [2.45, 2.75) is 30.3 Å². The van der Waals surface area contributed by atoms with E-state index in [9.17, 15) is 4.79 Å². The fourth-order valence-electron chi connectivity index (χ4n) is 2.48. The summed E-state index contributed by atoms with van der Waals surface area (Å²) >= 11 is 3.18. The molecule has 1 N–H and O–H groups in total. The van der Waals surface area contributed by atoms with Gasteiger partial charge in [0.2, 0.25) is 5.91 Å². The van der Waals surface area contributed by atoms with Gasteiger partial charge in [-0.05, 0) is 44.2 Å². The molecular weight excluding hydrogens is 366 g/mol. The molecule has 0 radical (unpaired) electrons. The second-order valence-corrected chi connectivity index (χ2v) is 7.92. The largest absolute Gasteiger partial charge is 0.355 e. The maximum absolute atomic E-state index is 12.0. The molecule has 26 heavy (non-hydrogen) atoms. The van der Waals surface area contributed by atoms with Crippen LogP contribution in [0, 0.1) is 13.8 Å². The molecule has 0 unspecified atom stereocenters. The predicted octanol–water partition coefficient (Wildman–Crippen LogP) is 3.13. The molecule has 0 spiro atoms. The SMILES string of the molecule is Cc1cc(C)n2c(SCC(=O)NCCCSc3ccccc3)nnc2n1. The Labute approximate surface area is 161 Å². The van der Waals surface area contributed by atoms with Crippen LogP contribution < -0.4 is 5.32 Å². The monoisotopic (exact) mass is 387 g/mol. The molecular formula is C18H21N5OS2. The third-order valence-electron chi connectivity index (χ3n) is 3.65. The average Bonchev–Trinajstić information content (AvgIpc) is 3.03. The van der Waals surface area contributed by atoms with Crippen LogP contribution in [0.25, 0.3) is 5.78 Å². The van der Waals surface area contributed by atoms with Gasteiger partial charge in [0.1, 0.15) is 0 Å². The molecule has 3 rings (SSSR count). The van der Waals surface area contributed by atoms with Crippen LogP contribution in [0.4, 0.5) is 0 Å². The zero-order chi connectivity index (χ0) is 18.4. The van der Waals surface area contributed by atoms with E-state index in [0.29, 0.717) is 23.2 Å². The van der Waals surface area contributed by atoms with E-state index >= 15 is 0 Å². The van der Waals surface area contributed by atoms with Crippen LogP contribution in [0.2, 0.25) is 0 Å². The Kier molecular flexibility index (Phi) is 6.51. The van der Waals surface area contributed by atoms with Crippen LogP contribution in [0.1, 0.15) is 17.8 Å². The van der Waals surface area contributed by atoms with Crippen molar-refractivity contribution in [3.05, 3.63) is 47.8 Å². The number of amides is 1. The third kappa shape index (κ3) is 4.98. The number of aryl methyl sites for hydroxylation is 2. The van der Waals surface area contributed by atoms with E-state index < -0.39 is 0 Å². The Morgan fingerprint density at radius 2 is 1.96 bits per heavy atom. The lowest BCUT2D eigenvalue weighted by atomic mass is 10.3. The number of rotatable bonds is 8. The van der Waals surface area contributed by atoms with Gasteiger partial charge in [-0.1, -0.05) is 30.0 Å². The molecule has 0 aliphatic carbocycles. The fraction of sp³-hybridized carbons (Fsp3) is 0.333. The van der Waals surface area contributed by atoms with Crippen LogP contribution >= 0.6 is 23.5 Å². The first kappa shape index (κ1) is 18.7. The molecule has 0 bridgehead atoms. The van der Waals surface area contributed by atoms with Gasteiger partial charge in [-0.3, -0.25) is 9.20 Å². The van der Waals surface area contributed by atoms with Gasteiger partial charge in [-0.2, -0.15) is 0 Å². The lowest BCUT2D eigenvalue weighted by molar-refractivity contribution is -0.118. The summed E-state index contributed by atoms with van der Waals surface area (Å²) in [7, 11) is 0. The summed E-state index contributed by atoms with van der Waals surface area (Å²) in [6.45, 7) is 4.59. The molecule has 136 valence electrons. The first-order valence-electron chi connectivity index (χ1n) is 8.40. The van der Waals surface area contributed by atoms with Crippen LogP contribution in [0.5, 0.6) is 0 Å². The summed E-state index contributed by atoms with van der Waals surface area (Å²) in [6.07, 6.45) is 0.937. The average molecular weight is 388 g/mol. The number of carbonyl (C=O) groups is 1. The minimum absolute atomic E-state index is 0.00850. The van der Waals surface area contributed by atoms with Crippen LogP contribution in [-0.4, -0.2) is 43.5 Å². The molecule has 0 atom stereocenters. The molecule has 0 aliphatic heterocycles. The number of aromatic nitrogens is 4. The van der Waals surface area contributed by atoms with Gasteiger partial charge in [0.05, 0.1) is 5.75 Å². The molecule has 6 nitrogen and oxygen atoms in total. The quantitative estimate of drug-likeness (QED) is 0.473. The van der Waals surface area contributed by atoms with E-state index in [1.54, 1.807) is 11.8 Å². The van der Waals surface area contributed by atoms with E-state index in [-0.39, 0.29) is 5.91 Å². The van der Waals surface area contributed by atoms with Crippen molar-refractivity contribution in [3.63, 3.8) is 0 Å². The summed E-state index contributed by atoms with van der Waals surface area (Å²) in [5.41, 5.74) is 1.92. The molecule has 2 heterocycles. The number of nitrogens with one attached hydrogen (secondary N) is 1. The summed E-state index contributed by atoms with van der Waals surface area (Å²) in [6, 6.07) is 12.3. The van der Waals surface area contributed by atoms with Gasteiger partial charge in [0, 0.05) is 22.8 Å². The van der Waals surface area contributed by atoms with E-state index in [0.717, 1.165) is 23.6 Å². The topological polar surface area (TPSA) is 72.2 Å². The highest BCUT2D eigenvalue weighted by Crippen LogP contribution is 2.19. The number of nitrogens with zero attached hydrogens (tertiary/aromatic N) is 4. The third-order valence-corrected chi connectivity index (χ3v) is 5.68. The first-order chi connectivity index (χ1) is 12.6. The maximum Gasteiger partial charge on any atom is 0.256 e. The molecule has 0 saturated carbocycles. The highest BCUT2D eigenvalue weighted by Gasteiger charge is 2.12. The Morgan fingerprint density at radius 3 is 2.77 bits per heavy atom. The van der Waals surface area contributed by atoms with Gasteiger partial charge in [0.25, 0.3) is 5.78 Å². The van der Waals surface area contributed by atoms with Crippen LogP contribution in [0.3, 0.4) is 0 Å². The van der Waals surface area contributed by atoms with Crippen molar-refractivity contribution in [2.75, 3.05) is 18.1 Å². The van der Waals surface area contributed by atoms with Gasteiger partial charge in [-0.15, -0.1) is 22.0 Å². The predicted molar refractivity (Wildman–Crippen MR) is 106 cm³/mol. The van der Waals surface area contributed by atoms with E-state index in [4.69, 9.17) is 0 Å². The highest BCUT2D eigenvalue weighted by atomic mass is 32.2. The Morgan fingerprint density at radius 1 is 1.15 bits per heavy atom. The van der Waals surface area contributed by atoms with Crippen molar-refractivity contribution in [1.82, 2.24) is 24.9 Å². The fourth-order valence-corrected chi connectivity index (χ4v) is 4.17. The van der Waals surface area contributed by atoms with Gasteiger partial charge in [0.15, 0.2) is 5.16 Å². The summed E-state index contributed by atoms with van der Waals surface area (Å²) in [5, 5.41) is 11.9. The standard InChI is InChI=1S/C18H21N5OS2/c1-13-11-14(2)23-17(20-13)21-22-18(23)26-12-16(24)19-9-6-10-25-15-7-4-3-5-8-15/h3-5,7-8,11H,6,9-10,12H2,1-2H3,(H,19,24). The minimum Gasteiger partial charge on any atom is -0.355 e. The smallest absolute Gasteiger partial charge is 0.256 e. The Balaban J connectivity index is 1.40. The second kappa shape index (κ2) is 9.05. The number of benzene rings is 1. The molecule has 1 aromatic carbocycles. The van der Waals surface area contributed by atoms with E-state index in [1.807, 2.05) is 42.5 Å². The van der Waals surface area contributed by atoms with Gasteiger partial charge >= 0.3 is 0 Å². The van der Waals surface area contributed by atoms with Crippen molar-refractivity contribution in [3.8, 4) is 0 Å². The van der Waals surface area contributed by atoms with Crippen LogP contribution in [-0.2, 0) is 4.79 Å². The molecule has 2 aromatic heterocycles. The molecule has 8 heteroatoms. The number of hydrogen-bond donors (Lipinski definition) is 1. The summed E-state index contributed by atoms with van der Waals surface area (Å²) < 4.78 is 1.88. The summed E-state index contributed by atoms with van der Waals surface area (Å²) in [4.78, 5) is 17.6. The second-order valence-electron chi connectivity index (χ2n) is 5.81. The number of fused-ring (bicyclic) bond motifs is 1. The Hall–Kier alpha value is -2.06. The minimum atomic E-state index is 0.00850. The lowest BCUT2D eigenvalue weighted by Gasteiger charge is -2.06. The molecule has 0 aliphatic rings. The highest BCUT2D eigenvalue weighted by molar-refractivity contribution is 7.99. The number of hydrogen-bond acceptors (Lipinski definition) is 6. The maximum atomic E-state index is 12.0. The Bertz CT molecular complexity index is 882. The van der Waals surface area contributed by atoms with Gasteiger partial charge < -0.3 is 5.32 Å². The van der Waals surface area contributed by atoms with Gasteiger partial charge in [-0.25, -0.2) is 4.98 Å². The van der Waals surface area contributed by atoms with Crippen molar-refractivity contribution < 1.29 is 4.79 Å². The van der Waals surface area contributed by atoms with Crippen LogP contribution in [0.15, 0.2) is 46.5 Å². The normalized spacial score (nSPS) is 11.0. The molecule has 1 amide bonds. The molecule has 3 aromatic rings. The number of thioether (sulfide) groups is 2. The lowest BCUT2D eigenvalue weighted by Crippen LogP contribution is -2.26. The zero-order valence-corrected chi connectivity index (χ0v) is 16.4. The van der Waals surface area contributed by atoms with Crippen molar-refractivity contribution in [2.24, 2.45) is 0 Å². The molecule has 0 fully saturated rings. The van der Waals surface area contributed by atoms with E-state index in [1.165, 1.54) is 16.7 Å². The molecule has 0 saturated heterocycles. The summed E-state index contributed by atoms with van der Waals surface area (Å²) in [5.74, 6) is 1.88. The first-order valence-corrected chi connectivity index (χ1v) is 10.4. The zero-order valence-electron chi connectivity index (χ0n) is 14.8. The van der Waals surface area contributed by atoms with Crippen molar-refractivity contribution >= 4 is 35.2 Å². The van der Waals surface area contributed by atoms with E-state index in [2.05, 4.69) is 32.6 Å². The van der Waals surface area contributed by atoms with Crippen molar-refractivity contribution in [1.29, 1.82) is 0 Å². The number of carbonyl (C=O) groups excluding carboxylic acids is 1.